The summed E-state index contributed by atoms with van der Waals surface area (Å²) in [5, 5.41) is 1.06. The summed E-state index contributed by atoms with van der Waals surface area (Å²) >= 11 is 6.90. The van der Waals surface area contributed by atoms with Crippen molar-refractivity contribution >= 4 is 56.9 Å². The number of benzene rings is 2. The van der Waals surface area contributed by atoms with E-state index in [4.69, 9.17) is 12.2 Å². The number of hydrogen-bond acceptors (Lipinski definition) is 5. The molecule has 36 heavy (non-hydrogen) atoms. The number of carbonyl (C=O) groups is 1. The van der Waals surface area contributed by atoms with Crippen molar-refractivity contribution in [2.75, 3.05) is 24.5 Å². The lowest BCUT2D eigenvalue weighted by molar-refractivity contribution is -0.122. The molecule has 7 heteroatoms. The number of amides is 1. The van der Waals surface area contributed by atoms with E-state index in [-0.39, 0.29) is 11.5 Å². The number of thioether (sulfide) groups is 1. The number of pyridine rings is 1. The van der Waals surface area contributed by atoms with Gasteiger partial charge in [-0.3, -0.25) is 14.5 Å². The largest absolute Gasteiger partial charge is 0.370 e. The van der Waals surface area contributed by atoms with E-state index in [0.29, 0.717) is 27.9 Å². The third kappa shape index (κ3) is 4.87. The van der Waals surface area contributed by atoms with Gasteiger partial charge in [0.25, 0.3) is 11.5 Å². The monoisotopic (exact) mass is 517 g/mol. The van der Waals surface area contributed by atoms with Crippen molar-refractivity contribution in [3.63, 3.8) is 0 Å². The van der Waals surface area contributed by atoms with Crippen LogP contribution in [-0.4, -0.2) is 39.3 Å². The number of para-hydroxylation sites is 1. The Balaban J connectivity index is 1.57. The van der Waals surface area contributed by atoms with E-state index < -0.39 is 0 Å². The quantitative estimate of drug-likeness (QED) is 0.303. The lowest BCUT2D eigenvalue weighted by Gasteiger charge is -2.27. The van der Waals surface area contributed by atoms with Gasteiger partial charge in [-0.2, -0.15) is 0 Å². The number of aryl methyl sites for hydroxylation is 1. The number of hydrogen-bond donors (Lipinski definition) is 0. The van der Waals surface area contributed by atoms with E-state index in [1.807, 2.05) is 54.0 Å². The van der Waals surface area contributed by atoms with Gasteiger partial charge in [0.15, 0.2) is 0 Å². The summed E-state index contributed by atoms with van der Waals surface area (Å²) in [6, 6.07) is 18.2. The summed E-state index contributed by atoms with van der Waals surface area (Å²) in [5.74, 6) is -0.113. The minimum Gasteiger partial charge on any atom is -0.370 e. The van der Waals surface area contributed by atoms with Gasteiger partial charge in [0, 0.05) is 31.6 Å². The van der Waals surface area contributed by atoms with Crippen LogP contribution < -0.4 is 10.5 Å². The molecule has 0 bridgehead atoms. The molecule has 0 spiro atoms. The van der Waals surface area contributed by atoms with Crippen LogP contribution in [0.25, 0.3) is 17.0 Å². The van der Waals surface area contributed by atoms with Gasteiger partial charge in [-0.1, -0.05) is 85.4 Å². The predicted molar refractivity (Wildman–Crippen MR) is 155 cm³/mol. The van der Waals surface area contributed by atoms with Gasteiger partial charge in [0.1, 0.15) is 4.32 Å². The second-order valence-corrected chi connectivity index (χ2v) is 11.0. The summed E-state index contributed by atoms with van der Waals surface area (Å²) in [6.45, 7) is 4.92. The zero-order valence-electron chi connectivity index (χ0n) is 20.6. The number of rotatable bonds is 6. The number of carbonyl (C=O) groups excluding carboxylic acids is 1. The molecule has 1 aromatic heterocycles. The topological polar surface area (TPSA) is 45.6 Å². The van der Waals surface area contributed by atoms with Gasteiger partial charge in [-0.25, -0.2) is 0 Å². The molecule has 5 rings (SSSR count). The van der Waals surface area contributed by atoms with Crippen molar-refractivity contribution in [2.45, 2.75) is 45.6 Å². The van der Waals surface area contributed by atoms with Gasteiger partial charge in [-0.15, -0.1) is 0 Å². The molecule has 3 heterocycles. The first-order valence-electron chi connectivity index (χ1n) is 12.8. The fourth-order valence-corrected chi connectivity index (χ4v) is 6.49. The molecule has 2 fully saturated rings. The molecule has 2 aromatic carbocycles. The Labute approximate surface area is 221 Å². The molecule has 0 aliphatic carbocycles. The van der Waals surface area contributed by atoms with Crippen molar-refractivity contribution in [1.82, 2.24) is 9.47 Å². The molecule has 0 radical (unpaired) electrons. The van der Waals surface area contributed by atoms with Crippen LogP contribution in [0.1, 0.15) is 43.7 Å². The van der Waals surface area contributed by atoms with Crippen LogP contribution in [-0.2, 0) is 17.8 Å². The van der Waals surface area contributed by atoms with Crippen molar-refractivity contribution < 1.29 is 4.79 Å². The summed E-state index contributed by atoms with van der Waals surface area (Å²) in [5.41, 5.74) is 3.61. The Morgan fingerprint density at radius 2 is 1.64 bits per heavy atom. The second kappa shape index (κ2) is 11.0. The van der Waals surface area contributed by atoms with Crippen molar-refractivity contribution in [3.05, 3.63) is 81.0 Å². The van der Waals surface area contributed by atoms with Crippen molar-refractivity contribution in [2.24, 2.45) is 0 Å². The first-order chi connectivity index (χ1) is 17.6. The highest BCUT2D eigenvalue weighted by Crippen LogP contribution is 2.36. The number of fused-ring (bicyclic) bond motifs is 1. The van der Waals surface area contributed by atoms with Crippen molar-refractivity contribution in [1.29, 1.82) is 0 Å². The molecule has 0 unspecified atom stereocenters. The van der Waals surface area contributed by atoms with Crippen LogP contribution in [0, 0.1) is 0 Å². The fourth-order valence-electron chi connectivity index (χ4n) is 5.20. The Morgan fingerprint density at radius 1 is 0.944 bits per heavy atom. The molecule has 2 aliphatic heterocycles. The SMILES string of the molecule is CCn1c(=O)c(C=C2SC(=S)N(CCc3ccccc3)C2=O)c(N2CCCCCC2)c2ccccc21. The van der Waals surface area contributed by atoms with E-state index in [1.54, 1.807) is 4.90 Å². The highest BCUT2D eigenvalue weighted by atomic mass is 32.2. The third-order valence-electron chi connectivity index (χ3n) is 7.04. The number of anilines is 1. The minimum absolute atomic E-state index is 0.0509. The van der Waals surface area contributed by atoms with Crippen LogP contribution in [0.2, 0.25) is 0 Å². The maximum absolute atomic E-state index is 13.9. The zero-order chi connectivity index (χ0) is 25.1. The van der Waals surface area contributed by atoms with Gasteiger partial charge < -0.3 is 9.47 Å². The second-order valence-electron chi connectivity index (χ2n) is 9.30. The molecule has 2 aliphatic rings. The first-order valence-corrected chi connectivity index (χ1v) is 14.0. The lowest BCUT2D eigenvalue weighted by atomic mass is 10.1. The van der Waals surface area contributed by atoms with Gasteiger partial charge >= 0.3 is 0 Å². The van der Waals surface area contributed by atoms with E-state index in [1.165, 1.54) is 30.2 Å². The third-order valence-corrected chi connectivity index (χ3v) is 8.41. The van der Waals surface area contributed by atoms with E-state index >= 15 is 0 Å². The Kier molecular flexibility index (Phi) is 7.58. The molecular formula is C29H31N3O2S2. The molecule has 186 valence electrons. The molecule has 2 saturated heterocycles. The average molecular weight is 518 g/mol. The normalized spacial score (nSPS) is 17.9. The molecule has 3 aromatic rings. The summed E-state index contributed by atoms with van der Waals surface area (Å²) < 4.78 is 2.37. The highest BCUT2D eigenvalue weighted by Gasteiger charge is 2.33. The Hall–Kier alpha value is -2.90. The highest BCUT2D eigenvalue weighted by molar-refractivity contribution is 8.26. The predicted octanol–water partition coefficient (Wildman–Crippen LogP) is 5.85. The molecule has 5 nitrogen and oxygen atoms in total. The van der Waals surface area contributed by atoms with Crippen LogP contribution in [0.5, 0.6) is 0 Å². The summed E-state index contributed by atoms with van der Waals surface area (Å²) in [6.07, 6.45) is 7.16. The summed E-state index contributed by atoms with van der Waals surface area (Å²) in [4.78, 5) is 31.9. The Morgan fingerprint density at radius 3 is 2.36 bits per heavy atom. The standard InChI is InChI=1S/C29H31N3O2S2/c1-2-31-24-15-9-8-14-22(24)26(30-17-10-3-4-11-18-30)23(27(31)33)20-25-28(34)32(29(35)36-25)19-16-21-12-6-5-7-13-21/h5-9,12-15,20H,2-4,10-11,16-19H2,1H3. The van der Waals surface area contributed by atoms with Crippen molar-refractivity contribution in [3.8, 4) is 0 Å². The van der Waals surface area contributed by atoms with Gasteiger partial charge in [-0.05, 0) is 43.9 Å². The van der Waals surface area contributed by atoms with E-state index in [9.17, 15) is 9.59 Å². The Bertz CT molecular complexity index is 1370. The molecular weight excluding hydrogens is 486 g/mol. The number of thiocarbonyl (C=S) groups is 1. The summed E-state index contributed by atoms with van der Waals surface area (Å²) in [7, 11) is 0. The van der Waals surface area contributed by atoms with E-state index in [2.05, 4.69) is 23.1 Å². The minimum atomic E-state index is -0.113. The van der Waals surface area contributed by atoms with Crippen LogP contribution in [0.3, 0.4) is 0 Å². The van der Waals surface area contributed by atoms with Gasteiger partial charge in [0.2, 0.25) is 0 Å². The smallest absolute Gasteiger partial charge is 0.266 e. The molecule has 0 saturated carbocycles. The maximum Gasteiger partial charge on any atom is 0.266 e. The van der Waals surface area contributed by atoms with Gasteiger partial charge in [0.05, 0.1) is 21.7 Å². The average Bonchev–Trinajstić information content (AvgIpc) is 3.06. The van der Waals surface area contributed by atoms with Crippen LogP contribution >= 0.6 is 24.0 Å². The fraction of sp³-hybridized carbons (Fsp3) is 0.345. The maximum atomic E-state index is 13.9. The van der Waals surface area contributed by atoms with E-state index in [0.717, 1.165) is 48.9 Å². The number of aromatic nitrogens is 1. The number of nitrogens with zero attached hydrogens (tertiary/aromatic N) is 3. The van der Waals surface area contributed by atoms with Crippen LogP contribution in [0.4, 0.5) is 5.69 Å². The lowest BCUT2D eigenvalue weighted by Crippen LogP contribution is -2.31. The molecule has 0 N–H and O–H groups in total. The zero-order valence-corrected chi connectivity index (χ0v) is 22.2. The molecule has 0 atom stereocenters. The molecule has 1 amide bonds. The first kappa shape index (κ1) is 24.8. The van der Waals surface area contributed by atoms with Crippen LogP contribution in [0.15, 0.2) is 64.3 Å².